The molecule has 0 bridgehead atoms. The minimum Gasteiger partial charge on any atom is -0.379 e. The van der Waals surface area contributed by atoms with Crippen molar-refractivity contribution in [2.45, 2.75) is 34.7 Å². The van der Waals surface area contributed by atoms with Gasteiger partial charge in [-0.1, -0.05) is 46.9 Å². The average Bonchev–Trinajstić information content (AvgIpc) is 2.94. The van der Waals surface area contributed by atoms with Crippen molar-refractivity contribution in [3.05, 3.63) is 87.4 Å². The van der Waals surface area contributed by atoms with Crippen LogP contribution in [0.5, 0.6) is 0 Å². The lowest BCUT2D eigenvalue weighted by atomic mass is 9.91. The Labute approximate surface area is 249 Å². The van der Waals surface area contributed by atoms with Crippen molar-refractivity contribution < 1.29 is 21.6 Å². The summed E-state index contributed by atoms with van der Waals surface area (Å²) < 4.78 is 61.9. The predicted molar refractivity (Wildman–Crippen MR) is 157 cm³/mol. The Bertz CT molecular complexity index is 1560. The molecule has 13 heteroatoms. The molecule has 2 aliphatic rings. The van der Waals surface area contributed by atoms with Gasteiger partial charge in [-0.15, -0.1) is 0 Å². The number of rotatable bonds is 7. The number of anilines is 1. The molecular weight excluding hydrogens is 617 g/mol. The topological polar surface area (TPSA) is 96.0 Å². The molecule has 5 rings (SSSR count). The molecule has 0 spiro atoms. The Hall–Kier alpha value is -1.89. The third-order valence-electron chi connectivity index (χ3n) is 7.14. The zero-order valence-corrected chi connectivity index (χ0v) is 25.2. The molecule has 3 aromatic rings. The van der Waals surface area contributed by atoms with Crippen molar-refractivity contribution in [1.82, 2.24) is 9.03 Å². The van der Waals surface area contributed by atoms with Gasteiger partial charge in [-0.25, -0.2) is 21.6 Å². The number of hydrogen-bond acceptors (Lipinski definition) is 6. The normalized spacial score (nSPS) is 20.9. The van der Waals surface area contributed by atoms with Gasteiger partial charge in [0.1, 0.15) is 0 Å². The zero-order valence-electron chi connectivity index (χ0n) is 21.3. The highest BCUT2D eigenvalue weighted by atomic mass is 35.5. The second-order valence-corrected chi connectivity index (χ2v) is 14.6. The van der Waals surface area contributed by atoms with Crippen molar-refractivity contribution in [1.29, 1.82) is 0 Å². The van der Waals surface area contributed by atoms with Crippen LogP contribution in [0.1, 0.15) is 24.4 Å². The molecule has 2 heterocycles. The maximum absolute atomic E-state index is 13.3. The fourth-order valence-corrected chi connectivity index (χ4v) is 8.42. The van der Waals surface area contributed by atoms with Crippen LogP contribution in [0, 0.1) is 0 Å². The van der Waals surface area contributed by atoms with E-state index in [9.17, 15) is 16.8 Å². The first-order valence-electron chi connectivity index (χ1n) is 12.7. The molecule has 0 saturated carbocycles. The third kappa shape index (κ3) is 6.44. The Kier molecular flexibility index (Phi) is 8.99. The molecule has 40 heavy (non-hydrogen) atoms. The number of nitrogens with zero attached hydrogens (tertiary/aromatic N) is 2. The lowest BCUT2D eigenvalue weighted by molar-refractivity contribution is 0.0730. The van der Waals surface area contributed by atoms with Crippen LogP contribution >= 0.6 is 34.8 Å². The summed E-state index contributed by atoms with van der Waals surface area (Å²) in [7, 11) is -7.64. The highest BCUT2D eigenvalue weighted by molar-refractivity contribution is 7.89. The maximum Gasteiger partial charge on any atom is 0.243 e. The summed E-state index contributed by atoms with van der Waals surface area (Å²) in [5, 5.41) is 1.65. The van der Waals surface area contributed by atoms with E-state index in [0.29, 0.717) is 47.7 Å². The molecule has 0 amide bonds. The lowest BCUT2D eigenvalue weighted by Gasteiger charge is -2.42. The summed E-state index contributed by atoms with van der Waals surface area (Å²) in [6.07, 6.45) is 1.01. The van der Waals surface area contributed by atoms with Gasteiger partial charge in [0.05, 0.1) is 39.8 Å². The Balaban J connectivity index is 1.35. The first-order valence-corrected chi connectivity index (χ1v) is 16.8. The number of nitrogens with one attached hydrogen (secondary N) is 1. The van der Waals surface area contributed by atoms with E-state index < -0.39 is 20.0 Å². The molecule has 1 N–H and O–H groups in total. The highest BCUT2D eigenvalue weighted by Crippen LogP contribution is 2.40. The van der Waals surface area contributed by atoms with Crippen molar-refractivity contribution in [2.75, 3.05) is 37.7 Å². The Morgan fingerprint density at radius 2 is 1.40 bits per heavy atom. The number of morpholine rings is 1. The van der Waals surface area contributed by atoms with Crippen molar-refractivity contribution >= 4 is 60.5 Å². The van der Waals surface area contributed by atoms with Crippen LogP contribution < -0.4 is 9.62 Å². The van der Waals surface area contributed by atoms with Crippen molar-refractivity contribution in [2.24, 2.45) is 0 Å². The fourth-order valence-electron chi connectivity index (χ4n) is 5.09. The largest absolute Gasteiger partial charge is 0.379 e. The predicted octanol–water partition coefficient (Wildman–Crippen LogP) is 5.36. The summed E-state index contributed by atoms with van der Waals surface area (Å²) in [5.74, 6) is 0. The van der Waals surface area contributed by atoms with Crippen LogP contribution in [-0.2, 0) is 24.8 Å². The molecule has 8 nitrogen and oxygen atoms in total. The second kappa shape index (κ2) is 12.1. The Morgan fingerprint density at radius 3 is 2.05 bits per heavy atom. The van der Waals surface area contributed by atoms with E-state index in [1.54, 1.807) is 24.3 Å². The van der Waals surface area contributed by atoms with Crippen LogP contribution in [0.3, 0.4) is 0 Å². The van der Waals surface area contributed by atoms with Crippen LogP contribution in [0.4, 0.5) is 5.69 Å². The number of sulfonamides is 2. The van der Waals surface area contributed by atoms with E-state index in [1.165, 1.54) is 28.6 Å². The molecule has 3 aromatic carbocycles. The number of ether oxygens (including phenoxy) is 1. The van der Waals surface area contributed by atoms with E-state index in [0.717, 1.165) is 11.3 Å². The third-order valence-corrected chi connectivity index (χ3v) is 11.4. The summed E-state index contributed by atoms with van der Waals surface area (Å²) in [4.78, 5) is 2.20. The van der Waals surface area contributed by atoms with E-state index in [-0.39, 0.29) is 35.0 Å². The van der Waals surface area contributed by atoms with Crippen LogP contribution in [0.2, 0.25) is 15.1 Å². The van der Waals surface area contributed by atoms with Gasteiger partial charge in [0.2, 0.25) is 20.0 Å². The van der Waals surface area contributed by atoms with E-state index in [2.05, 4.69) is 9.62 Å². The molecule has 0 aliphatic carbocycles. The fraction of sp³-hybridized carbons (Fsp3) is 0.333. The SMILES string of the molecule is O=S(=O)(N[C@@H]1CCN(c2ccc(Cl)cc2Cl)[C@H](c2ccc(Cl)cc2)C1)c1ccc(S(=O)(=O)N2CCOCC2)cc1. The first-order chi connectivity index (χ1) is 19.0. The molecular formula is C27H28Cl3N3O5S2. The summed E-state index contributed by atoms with van der Waals surface area (Å²) in [6.45, 7) is 1.72. The summed E-state index contributed by atoms with van der Waals surface area (Å²) in [6, 6.07) is 17.6. The maximum atomic E-state index is 13.3. The number of benzene rings is 3. The molecule has 2 atom stereocenters. The second-order valence-electron chi connectivity index (χ2n) is 9.69. The lowest BCUT2D eigenvalue weighted by Crippen LogP contribution is -2.46. The van der Waals surface area contributed by atoms with E-state index >= 15 is 0 Å². The molecule has 0 radical (unpaired) electrons. The number of hydrogen-bond donors (Lipinski definition) is 1. The summed E-state index contributed by atoms with van der Waals surface area (Å²) in [5.41, 5.74) is 1.78. The smallest absolute Gasteiger partial charge is 0.243 e. The molecule has 0 aromatic heterocycles. The minimum atomic E-state index is -3.92. The van der Waals surface area contributed by atoms with Gasteiger partial charge < -0.3 is 9.64 Å². The Morgan fingerprint density at radius 1 is 0.775 bits per heavy atom. The van der Waals surface area contributed by atoms with Crippen LogP contribution in [0.15, 0.2) is 76.5 Å². The van der Waals surface area contributed by atoms with Gasteiger partial charge in [0, 0.05) is 35.7 Å². The number of halogens is 3. The number of piperidine rings is 1. The summed E-state index contributed by atoms with van der Waals surface area (Å²) >= 11 is 18.8. The van der Waals surface area contributed by atoms with E-state index in [1.807, 2.05) is 18.2 Å². The van der Waals surface area contributed by atoms with Gasteiger partial charge in [0.25, 0.3) is 0 Å². The minimum absolute atomic E-state index is 0.000328. The van der Waals surface area contributed by atoms with Gasteiger partial charge in [-0.2, -0.15) is 4.31 Å². The standard InChI is InChI=1S/C27H28Cl3N3O5S2/c28-20-3-1-19(2-4-20)27-18-22(11-12-33(27)26-10-5-21(29)17-25(26)30)31-39(34,35)23-6-8-24(9-7-23)40(36,37)32-13-15-38-16-14-32/h1-10,17,22,27,31H,11-16,18H2/t22-,27+/m1/s1. The van der Waals surface area contributed by atoms with Crippen molar-refractivity contribution in [3.8, 4) is 0 Å². The van der Waals surface area contributed by atoms with Crippen LogP contribution in [0.25, 0.3) is 0 Å². The van der Waals surface area contributed by atoms with Gasteiger partial charge in [-0.3, -0.25) is 0 Å². The van der Waals surface area contributed by atoms with Crippen molar-refractivity contribution in [3.63, 3.8) is 0 Å². The quantitative estimate of drug-likeness (QED) is 0.372. The van der Waals surface area contributed by atoms with Gasteiger partial charge in [-0.05, 0) is 73.0 Å². The molecule has 2 aliphatic heterocycles. The molecule has 2 fully saturated rings. The van der Waals surface area contributed by atoms with E-state index in [4.69, 9.17) is 39.5 Å². The monoisotopic (exact) mass is 643 g/mol. The molecule has 0 unspecified atom stereocenters. The average molecular weight is 645 g/mol. The first kappa shape index (κ1) is 29.6. The zero-order chi connectivity index (χ0) is 28.5. The molecule has 2 saturated heterocycles. The van der Waals surface area contributed by atoms with Gasteiger partial charge >= 0.3 is 0 Å². The van der Waals surface area contributed by atoms with Gasteiger partial charge in [0.15, 0.2) is 0 Å². The van der Waals surface area contributed by atoms with Crippen LogP contribution in [-0.4, -0.2) is 60.0 Å². The molecule has 214 valence electrons. The highest BCUT2D eigenvalue weighted by Gasteiger charge is 2.34.